The van der Waals surface area contributed by atoms with Crippen LogP contribution >= 0.6 is 0 Å². The number of rotatable bonds is 5. The molecule has 2 aromatic carbocycles. The minimum atomic E-state index is 0.269. The molecule has 0 amide bonds. The zero-order valence-corrected chi connectivity index (χ0v) is 13.1. The number of aryl methyl sites for hydroxylation is 1. The average molecular weight is 297 g/mol. The maximum atomic E-state index is 9.48. The van der Waals surface area contributed by atoms with Gasteiger partial charge in [-0.3, -0.25) is 0 Å². The lowest BCUT2D eigenvalue weighted by atomic mass is 10.1. The van der Waals surface area contributed by atoms with Gasteiger partial charge >= 0.3 is 0 Å². The molecule has 2 rings (SSSR count). The Hall–Kier alpha value is -2.49. The van der Waals surface area contributed by atoms with E-state index in [1.54, 1.807) is 12.1 Å². The van der Waals surface area contributed by atoms with Crippen molar-refractivity contribution in [2.45, 2.75) is 26.9 Å². The fourth-order valence-electron chi connectivity index (χ4n) is 2.15. The number of nitrogens with one attached hydrogen (secondary N) is 2. The largest absolute Gasteiger partial charge is 0.508 e. The molecule has 0 saturated carbocycles. The average Bonchev–Trinajstić information content (AvgIpc) is 2.51. The van der Waals surface area contributed by atoms with Crippen molar-refractivity contribution in [2.24, 2.45) is 4.99 Å². The number of phenolic OH excluding ortho intramolecular Hbond substituents is 1. The van der Waals surface area contributed by atoms with E-state index in [2.05, 4.69) is 34.7 Å². The summed E-state index contributed by atoms with van der Waals surface area (Å²) in [5, 5.41) is 16.1. The fraction of sp³-hybridized carbons (Fsp3) is 0.278. The van der Waals surface area contributed by atoms with Gasteiger partial charge in [-0.1, -0.05) is 36.4 Å². The van der Waals surface area contributed by atoms with E-state index in [0.29, 0.717) is 6.54 Å². The lowest BCUT2D eigenvalue weighted by molar-refractivity contribution is 0.474. The van der Waals surface area contributed by atoms with Gasteiger partial charge in [0.1, 0.15) is 5.75 Å². The van der Waals surface area contributed by atoms with Crippen LogP contribution in [0.5, 0.6) is 5.75 Å². The van der Waals surface area contributed by atoms with Crippen molar-refractivity contribution < 1.29 is 5.11 Å². The summed E-state index contributed by atoms with van der Waals surface area (Å²) in [7, 11) is 0. The van der Waals surface area contributed by atoms with Gasteiger partial charge in [-0.25, -0.2) is 4.99 Å². The van der Waals surface area contributed by atoms with Crippen LogP contribution in [-0.4, -0.2) is 17.6 Å². The smallest absolute Gasteiger partial charge is 0.191 e. The highest BCUT2D eigenvalue weighted by Gasteiger charge is 2.01. The van der Waals surface area contributed by atoms with Crippen LogP contribution < -0.4 is 10.6 Å². The molecular formula is C18H23N3O. The van der Waals surface area contributed by atoms with Gasteiger partial charge in [-0.15, -0.1) is 0 Å². The Bertz CT molecular complexity index is 638. The fourth-order valence-corrected chi connectivity index (χ4v) is 2.15. The molecule has 22 heavy (non-hydrogen) atoms. The molecule has 0 radical (unpaired) electrons. The number of aromatic hydroxyl groups is 1. The second-order valence-corrected chi connectivity index (χ2v) is 5.15. The zero-order chi connectivity index (χ0) is 15.8. The van der Waals surface area contributed by atoms with Crippen LogP contribution in [0.1, 0.15) is 23.6 Å². The topological polar surface area (TPSA) is 56.7 Å². The van der Waals surface area contributed by atoms with Gasteiger partial charge in [-0.2, -0.15) is 0 Å². The molecule has 4 nitrogen and oxygen atoms in total. The third-order valence-electron chi connectivity index (χ3n) is 3.38. The van der Waals surface area contributed by atoms with E-state index in [-0.39, 0.29) is 5.75 Å². The minimum absolute atomic E-state index is 0.269. The molecule has 2 aromatic rings. The first-order chi connectivity index (χ1) is 10.7. The maximum Gasteiger partial charge on any atom is 0.191 e. The van der Waals surface area contributed by atoms with Gasteiger partial charge in [0, 0.05) is 13.1 Å². The first-order valence-electron chi connectivity index (χ1n) is 7.53. The number of phenols is 1. The van der Waals surface area contributed by atoms with E-state index in [4.69, 9.17) is 0 Å². The van der Waals surface area contributed by atoms with Crippen LogP contribution in [0.25, 0.3) is 0 Å². The molecular weight excluding hydrogens is 274 g/mol. The number of aliphatic imine (C=N–C) groups is 1. The number of nitrogens with zero attached hydrogens (tertiary/aromatic N) is 1. The van der Waals surface area contributed by atoms with Gasteiger partial charge in [0.05, 0.1) is 6.54 Å². The second-order valence-electron chi connectivity index (χ2n) is 5.15. The van der Waals surface area contributed by atoms with Crippen molar-refractivity contribution in [3.05, 3.63) is 65.2 Å². The molecule has 0 aliphatic heterocycles. The summed E-state index contributed by atoms with van der Waals surface area (Å²) in [5.41, 5.74) is 3.50. The molecule has 3 N–H and O–H groups in total. The van der Waals surface area contributed by atoms with Crippen LogP contribution in [0, 0.1) is 6.92 Å². The molecule has 0 heterocycles. The minimum Gasteiger partial charge on any atom is -0.508 e. The third kappa shape index (κ3) is 4.81. The van der Waals surface area contributed by atoms with E-state index >= 15 is 0 Å². The molecule has 0 aliphatic rings. The molecule has 0 atom stereocenters. The second kappa shape index (κ2) is 8.08. The molecule has 0 aromatic heterocycles. The third-order valence-corrected chi connectivity index (χ3v) is 3.38. The molecule has 0 aliphatic carbocycles. The summed E-state index contributed by atoms with van der Waals surface area (Å²) >= 11 is 0. The maximum absolute atomic E-state index is 9.48. The Balaban J connectivity index is 2.00. The monoisotopic (exact) mass is 297 g/mol. The molecule has 4 heteroatoms. The van der Waals surface area contributed by atoms with E-state index in [0.717, 1.165) is 24.6 Å². The number of hydrogen-bond acceptors (Lipinski definition) is 2. The zero-order valence-electron chi connectivity index (χ0n) is 13.1. The quantitative estimate of drug-likeness (QED) is 0.587. The van der Waals surface area contributed by atoms with Crippen LogP contribution in [0.2, 0.25) is 0 Å². The Kier molecular flexibility index (Phi) is 5.83. The molecule has 0 spiro atoms. The van der Waals surface area contributed by atoms with Crippen LogP contribution in [0.3, 0.4) is 0 Å². The Morgan fingerprint density at radius 1 is 1.09 bits per heavy atom. The number of benzene rings is 2. The predicted molar refractivity (Wildman–Crippen MR) is 90.9 cm³/mol. The van der Waals surface area contributed by atoms with E-state index in [1.165, 1.54) is 11.1 Å². The molecule has 0 bridgehead atoms. The normalized spacial score (nSPS) is 11.3. The van der Waals surface area contributed by atoms with Crippen LogP contribution in [0.15, 0.2) is 53.5 Å². The lowest BCUT2D eigenvalue weighted by Gasteiger charge is -2.12. The van der Waals surface area contributed by atoms with Gasteiger partial charge in [-0.05, 0) is 42.7 Å². The van der Waals surface area contributed by atoms with Crippen molar-refractivity contribution in [1.82, 2.24) is 10.6 Å². The highest BCUT2D eigenvalue weighted by molar-refractivity contribution is 5.79. The van der Waals surface area contributed by atoms with E-state index in [1.807, 2.05) is 31.2 Å². The van der Waals surface area contributed by atoms with E-state index in [9.17, 15) is 5.11 Å². The van der Waals surface area contributed by atoms with Gasteiger partial charge in [0.15, 0.2) is 5.96 Å². The number of guanidine groups is 1. The summed E-state index contributed by atoms with van der Waals surface area (Å²) in [6.07, 6.45) is 0. The molecule has 0 unspecified atom stereocenters. The molecule has 116 valence electrons. The predicted octanol–water partition coefficient (Wildman–Crippen LogP) is 2.96. The first kappa shape index (κ1) is 15.9. The van der Waals surface area contributed by atoms with Gasteiger partial charge in [0.2, 0.25) is 0 Å². The highest BCUT2D eigenvalue weighted by Crippen LogP contribution is 2.11. The highest BCUT2D eigenvalue weighted by atomic mass is 16.3. The summed E-state index contributed by atoms with van der Waals surface area (Å²) in [4.78, 5) is 4.55. The number of hydrogen-bond donors (Lipinski definition) is 3. The Labute approximate surface area is 131 Å². The molecule has 0 fully saturated rings. The van der Waals surface area contributed by atoms with Gasteiger partial charge in [0.25, 0.3) is 0 Å². The Morgan fingerprint density at radius 2 is 1.91 bits per heavy atom. The summed E-state index contributed by atoms with van der Waals surface area (Å²) in [6.45, 7) is 6.21. The van der Waals surface area contributed by atoms with Crippen molar-refractivity contribution >= 4 is 5.96 Å². The van der Waals surface area contributed by atoms with Gasteiger partial charge < -0.3 is 15.7 Å². The SMILES string of the molecule is CCNC(=NCc1cccc(O)c1)NCc1ccccc1C. The van der Waals surface area contributed by atoms with Crippen molar-refractivity contribution in [1.29, 1.82) is 0 Å². The lowest BCUT2D eigenvalue weighted by Crippen LogP contribution is -2.36. The van der Waals surface area contributed by atoms with Crippen LogP contribution in [0.4, 0.5) is 0 Å². The summed E-state index contributed by atoms with van der Waals surface area (Å²) in [5.74, 6) is 1.04. The van der Waals surface area contributed by atoms with Crippen molar-refractivity contribution in [3.8, 4) is 5.75 Å². The first-order valence-corrected chi connectivity index (χ1v) is 7.53. The molecule has 0 saturated heterocycles. The van der Waals surface area contributed by atoms with Crippen molar-refractivity contribution in [3.63, 3.8) is 0 Å². The van der Waals surface area contributed by atoms with Crippen molar-refractivity contribution in [2.75, 3.05) is 6.54 Å². The standard InChI is InChI=1S/C18H23N3O/c1-3-19-18(20-12-15-8-6-10-17(22)11-15)21-13-16-9-5-4-7-14(16)2/h4-11,22H,3,12-13H2,1-2H3,(H2,19,20,21). The Morgan fingerprint density at radius 3 is 2.64 bits per heavy atom. The van der Waals surface area contributed by atoms with E-state index < -0.39 is 0 Å². The van der Waals surface area contributed by atoms with Crippen LogP contribution in [-0.2, 0) is 13.1 Å². The summed E-state index contributed by atoms with van der Waals surface area (Å²) in [6, 6.07) is 15.5. The summed E-state index contributed by atoms with van der Waals surface area (Å²) < 4.78 is 0.